The highest BCUT2D eigenvalue weighted by Gasteiger charge is 2.21. The smallest absolute Gasteiger partial charge is 0.238 e. The van der Waals surface area contributed by atoms with Crippen molar-refractivity contribution in [3.63, 3.8) is 0 Å². The van der Waals surface area contributed by atoms with E-state index in [1.165, 1.54) is 11.3 Å². The quantitative estimate of drug-likeness (QED) is 0.507. The van der Waals surface area contributed by atoms with Crippen molar-refractivity contribution in [2.24, 2.45) is 0 Å². The molecule has 2 amide bonds. The number of nitrogens with one attached hydrogen (secondary N) is 2. The van der Waals surface area contributed by atoms with Gasteiger partial charge in [0.15, 0.2) is 0 Å². The van der Waals surface area contributed by atoms with Crippen LogP contribution < -0.4 is 15.4 Å². The van der Waals surface area contributed by atoms with Crippen LogP contribution >= 0.6 is 11.3 Å². The second kappa shape index (κ2) is 11.2. The second-order valence-electron chi connectivity index (χ2n) is 6.86. The number of carbonyl (C=O) groups excluding carboxylic acids is 2. The first-order valence-corrected chi connectivity index (χ1v) is 10.9. The van der Waals surface area contributed by atoms with E-state index in [0.29, 0.717) is 18.0 Å². The summed E-state index contributed by atoms with van der Waals surface area (Å²) in [4.78, 5) is 31.4. The third-order valence-corrected chi connectivity index (χ3v) is 5.51. The first-order chi connectivity index (χ1) is 15.1. The number of amides is 2. The van der Waals surface area contributed by atoms with Gasteiger partial charge in [-0.1, -0.05) is 43.3 Å². The van der Waals surface area contributed by atoms with Crippen molar-refractivity contribution >= 4 is 28.8 Å². The molecule has 162 valence electrons. The Balaban J connectivity index is 1.59. The monoisotopic (exact) mass is 438 g/mol. The lowest BCUT2D eigenvalue weighted by Crippen LogP contribution is -2.42. The number of hydrogen-bond donors (Lipinski definition) is 2. The zero-order valence-corrected chi connectivity index (χ0v) is 18.4. The molecule has 7 nitrogen and oxygen atoms in total. The Morgan fingerprint density at radius 3 is 2.55 bits per heavy atom. The second-order valence-corrected chi connectivity index (χ2v) is 7.79. The van der Waals surface area contributed by atoms with Gasteiger partial charge in [0.2, 0.25) is 11.8 Å². The summed E-state index contributed by atoms with van der Waals surface area (Å²) in [7, 11) is 1.58. The summed E-state index contributed by atoms with van der Waals surface area (Å²) in [6, 6.07) is 16.6. The van der Waals surface area contributed by atoms with Gasteiger partial charge in [-0.05, 0) is 24.2 Å². The van der Waals surface area contributed by atoms with Crippen molar-refractivity contribution < 1.29 is 14.3 Å². The van der Waals surface area contributed by atoms with Crippen LogP contribution in [-0.2, 0) is 9.59 Å². The van der Waals surface area contributed by atoms with Crippen LogP contribution in [0.4, 0.5) is 5.69 Å². The molecule has 0 aliphatic heterocycles. The summed E-state index contributed by atoms with van der Waals surface area (Å²) >= 11 is 1.49. The minimum absolute atomic E-state index is 0.106. The molecule has 0 fully saturated rings. The number of rotatable bonds is 10. The molecule has 31 heavy (non-hydrogen) atoms. The maximum atomic E-state index is 12.8. The summed E-state index contributed by atoms with van der Waals surface area (Å²) in [5, 5.41) is 8.61. The van der Waals surface area contributed by atoms with E-state index in [0.717, 1.165) is 10.6 Å². The maximum absolute atomic E-state index is 12.8. The van der Waals surface area contributed by atoms with Gasteiger partial charge in [-0.2, -0.15) is 0 Å². The molecule has 2 N–H and O–H groups in total. The van der Waals surface area contributed by atoms with Crippen LogP contribution in [0.15, 0.2) is 66.2 Å². The van der Waals surface area contributed by atoms with Crippen molar-refractivity contribution in [2.75, 3.05) is 32.1 Å². The van der Waals surface area contributed by atoms with Crippen LogP contribution in [0.2, 0.25) is 0 Å². The van der Waals surface area contributed by atoms with Gasteiger partial charge >= 0.3 is 0 Å². The fourth-order valence-corrected chi connectivity index (χ4v) is 3.82. The van der Waals surface area contributed by atoms with E-state index >= 15 is 0 Å². The number of carbonyl (C=O) groups is 2. The number of thiazole rings is 1. The van der Waals surface area contributed by atoms with Crippen LogP contribution in [0.5, 0.6) is 5.75 Å². The Bertz CT molecular complexity index is 980. The minimum Gasteiger partial charge on any atom is -0.497 e. The van der Waals surface area contributed by atoms with Crippen LogP contribution in [0.25, 0.3) is 0 Å². The van der Waals surface area contributed by atoms with Crippen LogP contribution in [-0.4, -0.2) is 48.4 Å². The van der Waals surface area contributed by atoms with E-state index < -0.39 is 0 Å². The van der Waals surface area contributed by atoms with Gasteiger partial charge in [-0.15, -0.1) is 11.3 Å². The molecule has 0 spiro atoms. The van der Waals surface area contributed by atoms with E-state index in [9.17, 15) is 9.59 Å². The summed E-state index contributed by atoms with van der Waals surface area (Å²) < 4.78 is 5.18. The van der Waals surface area contributed by atoms with Crippen molar-refractivity contribution in [2.45, 2.75) is 13.0 Å². The number of methoxy groups -OCH3 is 1. The van der Waals surface area contributed by atoms with Gasteiger partial charge in [0.05, 0.1) is 20.2 Å². The molecule has 0 radical (unpaired) electrons. The minimum atomic E-state index is -0.321. The van der Waals surface area contributed by atoms with Gasteiger partial charge in [0.1, 0.15) is 16.8 Å². The Labute approximate surface area is 186 Å². The zero-order chi connectivity index (χ0) is 22.1. The Kier molecular flexibility index (Phi) is 8.14. The summed E-state index contributed by atoms with van der Waals surface area (Å²) in [5.74, 6) is 0.307. The van der Waals surface area contributed by atoms with Crippen molar-refractivity contribution in [1.82, 2.24) is 15.2 Å². The van der Waals surface area contributed by atoms with Gasteiger partial charge < -0.3 is 15.4 Å². The first kappa shape index (κ1) is 22.5. The third kappa shape index (κ3) is 6.63. The average molecular weight is 439 g/mol. The van der Waals surface area contributed by atoms with Crippen LogP contribution in [0.1, 0.15) is 23.5 Å². The number of aromatic nitrogens is 1. The Hall–Kier alpha value is -3.23. The molecule has 2 aromatic carbocycles. The number of nitrogens with zero attached hydrogens (tertiary/aromatic N) is 2. The fourth-order valence-electron chi connectivity index (χ4n) is 3.10. The van der Waals surface area contributed by atoms with E-state index in [1.54, 1.807) is 30.3 Å². The predicted octanol–water partition coefficient (Wildman–Crippen LogP) is 3.32. The standard InChI is InChI=1S/C23H26N4O3S/c1-3-27(15-20(28)25-18-10-7-11-19(14-18)30-2)16-21(29)26-22(23-24-12-13-31-23)17-8-5-4-6-9-17/h4-14,22H,3,15-16H2,1-2H3,(H,25,28)(H,26,29). The summed E-state index contributed by atoms with van der Waals surface area (Å²) in [6.07, 6.45) is 1.73. The van der Waals surface area contributed by atoms with Crippen LogP contribution in [0, 0.1) is 0 Å². The zero-order valence-electron chi connectivity index (χ0n) is 17.6. The maximum Gasteiger partial charge on any atom is 0.238 e. The molecule has 3 rings (SSSR count). The molecular weight excluding hydrogens is 412 g/mol. The van der Waals surface area contributed by atoms with Crippen molar-refractivity contribution in [3.05, 3.63) is 76.7 Å². The van der Waals surface area contributed by atoms with Crippen molar-refractivity contribution in [1.29, 1.82) is 0 Å². The highest BCUT2D eigenvalue weighted by molar-refractivity contribution is 7.09. The van der Waals surface area contributed by atoms with Gasteiger partial charge in [0.25, 0.3) is 0 Å². The summed E-state index contributed by atoms with van der Waals surface area (Å²) in [5.41, 5.74) is 1.61. The van der Waals surface area contributed by atoms with Gasteiger partial charge in [0, 0.05) is 23.3 Å². The number of benzene rings is 2. The van der Waals surface area contributed by atoms with Gasteiger partial charge in [-0.3, -0.25) is 14.5 Å². The molecule has 0 aliphatic carbocycles. The van der Waals surface area contributed by atoms with Crippen LogP contribution in [0.3, 0.4) is 0 Å². The van der Waals surface area contributed by atoms with E-state index in [1.807, 2.05) is 54.8 Å². The largest absolute Gasteiger partial charge is 0.497 e. The highest BCUT2D eigenvalue weighted by Crippen LogP contribution is 2.23. The predicted molar refractivity (Wildman–Crippen MR) is 122 cm³/mol. The Morgan fingerprint density at radius 1 is 1.10 bits per heavy atom. The molecule has 1 unspecified atom stereocenters. The highest BCUT2D eigenvalue weighted by atomic mass is 32.1. The SMILES string of the molecule is CCN(CC(=O)Nc1cccc(OC)c1)CC(=O)NC(c1ccccc1)c1nccs1. The molecule has 1 aromatic heterocycles. The topological polar surface area (TPSA) is 83.6 Å². The molecule has 3 aromatic rings. The molecule has 0 aliphatic rings. The molecule has 8 heteroatoms. The molecule has 0 saturated heterocycles. The molecule has 1 heterocycles. The normalized spacial score (nSPS) is 11.7. The van der Waals surface area contributed by atoms with E-state index in [2.05, 4.69) is 15.6 Å². The number of anilines is 1. The van der Waals surface area contributed by atoms with E-state index in [4.69, 9.17) is 4.74 Å². The first-order valence-electron chi connectivity index (χ1n) is 9.99. The van der Waals surface area contributed by atoms with Crippen molar-refractivity contribution in [3.8, 4) is 5.75 Å². The lowest BCUT2D eigenvalue weighted by molar-refractivity contribution is -0.123. The fraction of sp³-hybridized carbons (Fsp3) is 0.261. The molecule has 1 atom stereocenters. The van der Waals surface area contributed by atoms with E-state index in [-0.39, 0.29) is 30.9 Å². The number of ether oxygens (including phenoxy) is 1. The number of hydrogen-bond acceptors (Lipinski definition) is 6. The molecule has 0 bridgehead atoms. The lowest BCUT2D eigenvalue weighted by atomic mass is 10.1. The third-order valence-electron chi connectivity index (χ3n) is 4.67. The average Bonchev–Trinajstić information content (AvgIpc) is 3.32. The molecule has 0 saturated carbocycles. The number of likely N-dealkylation sites (N-methyl/N-ethyl adjacent to an activating group) is 1. The summed E-state index contributed by atoms with van der Waals surface area (Å²) in [6.45, 7) is 2.69. The lowest BCUT2D eigenvalue weighted by Gasteiger charge is -2.22. The molecular formula is C23H26N4O3S. The Morgan fingerprint density at radius 2 is 1.87 bits per heavy atom. The van der Waals surface area contributed by atoms with Gasteiger partial charge in [-0.25, -0.2) is 4.98 Å².